The third-order valence-electron chi connectivity index (χ3n) is 4.24. The zero-order valence-electron chi connectivity index (χ0n) is 16.2. The molecule has 30 heavy (non-hydrogen) atoms. The van der Waals surface area contributed by atoms with Gasteiger partial charge < -0.3 is 14.6 Å². The average molecular weight is 410 g/mol. The highest BCUT2D eigenvalue weighted by Gasteiger charge is 2.36. The Morgan fingerprint density at radius 3 is 2.43 bits per heavy atom. The van der Waals surface area contributed by atoms with Gasteiger partial charge in [0.25, 0.3) is 11.8 Å². The summed E-state index contributed by atoms with van der Waals surface area (Å²) in [6.45, 7) is 1.32. The molecule has 0 spiro atoms. The number of ether oxygens (including phenoxy) is 2. The Morgan fingerprint density at radius 1 is 1.10 bits per heavy atom. The monoisotopic (exact) mass is 410 g/mol. The van der Waals surface area contributed by atoms with Crippen molar-refractivity contribution < 1.29 is 33.8 Å². The van der Waals surface area contributed by atoms with Crippen LogP contribution in [0.2, 0.25) is 0 Å². The fourth-order valence-corrected chi connectivity index (χ4v) is 2.79. The summed E-state index contributed by atoms with van der Waals surface area (Å²) < 4.78 is 10.3. The van der Waals surface area contributed by atoms with Crippen molar-refractivity contribution in [1.29, 1.82) is 0 Å². The van der Waals surface area contributed by atoms with Crippen LogP contribution >= 0.6 is 0 Å². The van der Waals surface area contributed by atoms with Gasteiger partial charge >= 0.3 is 12.0 Å². The summed E-state index contributed by atoms with van der Waals surface area (Å²) in [6.07, 6.45) is 1.31. The number of carboxylic acids is 1. The third-order valence-corrected chi connectivity index (χ3v) is 4.24. The highest BCUT2D eigenvalue weighted by Crippen LogP contribution is 2.30. The molecule has 2 aromatic carbocycles. The number of nitrogens with one attached hydrogen (secondary N) is 1. The molecule has 1 aliphatic heterocycles. The molecule has 2 aromatic rings. The zero-order valence-corrected chi connectivity index (χ0v) is 16.2. The molecule has 0 bridgehead atoms. The number of benzene rings is 2. The molecule has 1 saturated heterocycles. The van der Waals surface area contributed by atoms with E-state index in [1.165, 1.54) is 31.4 Å². The first-order valence-corrected chi connectivity index (χ1v) is 8.81. The van der Waals surface area contributed by atoms with Crippen molar-refractivity contribution in [3.63, 3.8) is 0 Å². The van der Waals surface area contributed by atoms with Crippen LogP contribution in [-0.4, -0.2) is 42.6 Å². The van der Waals surface area contributed by atoms with E-state index in [0.29, 0.717) is 11.3 Å². The van der Waals surface area contributed by atoms with Crippen molar-refractivity contribution in [1.82, 2.24) is 5.32 Å². The number of hydrogen-bond acceptors (Lipinski definition) is 6. The third kappa shape index (κ3) is 4.30. The van der Waals surface area contributed by atoms with E-state index in [-0.39, 0.29) is 17.1 Å². The number of hydrogen-bond donors (Lipinski definition) is 2. The smallest absolute Gasteiger partial charge is 0.341 e. The van der Waals surface area contributed by atoms with Crippen LogP contribution < -0.4 is 19.7 Å². The molecule has 0 atom stereocenters. The van der Waals surface area contributed by atoms with Crippen LogP contribution in [0.1, 0.15) is 11.1 Å². The van der Waals surface area contributed by atoms with Crippen LogP contribution in [0, 0.1) is 6.92 Å². The maximum Gasteiger partial charge on any atom is 0.341 e. The van der Waals surface area contributed by atoms with E-state index in [4.69, 9.17) is 14.6 Å². The van der Waals surface area contributed by atoms with Gasteiger partial charge in [0.1, 0.15) is 5.57 Å². The van der Waals surface area contributed by atoms with Crippen LogP contribution in [0.3, 0.4) is 0 Å². The van der Waals surface area contributed by atoms with Crippen molar-refractivity contribution in [2.24, 2.45) is 0 Å². The normalized spacial score (nSPS) is 15.2. The Bertz CT molecular complexity index is 1060. The molecule has 4 amide bonds. The molecular formula is C21H18N2O7. The molecule has 154 valence electrons. The minimum Gasteiger partial charge on any atom is -0.493 e. The van der Waals surface area contributed by atoms with Crippen LogP contribution in [-0.2, 0) is 14.4 Å². The molecule has 3 rings (SSSR count). The van der Waals surface area contributed by atoms with E-state index < -0.39 is 30.4 Å². The van der Waals surface area contributed by atoms with Gasteiger partial charge in [0.05, 0.1) is 12.8 Å². The number of methoxy groups -OCH3 is 1. The van der Waals surface area contributed by atoms with Crippen molar-refractivity contribution in [2.75, 3.05) is 18.6 Å². The van der Waals surface area contributed by atoms with Gasteiger partial charge in [-0.3, -0.25) is 14.9 Å². The Labute approximate surface area is 171 Å². The lowest BCUT2D eigenvalue weighted by molar-refractivity contribution is -0.139. The molecule has 0 aliphatic carbocycles. The number of anilines is 1. The van der Waals surface area contributed by atoms with Crippen LogP contribution in [0.25, 0.3) is 6.08 Å². The number of barbiturate groups is 1. The summed E-state index contributed by atoms with van der Waals surface area (Å²) in [6, 6.07) is 10.4. The second-order valence-corrected chi connectivity index (χ2v) is 6.39. The van der Waals surface area contributed by atoms with E-state index >= 15 is 0 Å². The molecule has 0 aromatic heterocycles. The van der Waals surface area contributed by atoms with Crippen molar-refractivity contribution in [2.45, 2.75) is 6.92 Å². The van der Waals surface area contributed by atoms with Crippen LogP contribution in [0.5, 0.6) is 11.5 Å². The molecule has 0 unspecified atom stereocenters. The quantitative estimate of drug-likeness (QED) is 0.552. The highest BCUT2D eigenvalue weighted by atomic mass is 16.5. The first kappa shape index (κ1) is 20.6. The second-order valence-electron chi connectivity index (χ2n) is 6.39. The topological polar surface area (TPSA) is 122 Å². The Morgan fingerprint density at radius 2 is 1.80 bits per heavy atom. The number of carbonyl (C=O) groups is 4. The summed E-state index contributed by atoms with van der Waals surface area (Å²) in [5.41, 5.74) is 1.46. The summed E-state index contributed by atoms with van der Waals surface area (Å²) >= 11 is 0. The van der Waals surface area contributed by atoms with E-state index in [1.807, 2.05) is 6.92 Å². The highest BCUT2D eigenvalue weighted by molar-refractivity contribution is 6.39. The van der Waals surface area contributed by atoms with Crippen molar-refractivity contribution in [3.05, 3.63) is 59.2 Å². The summed E-state index contributed by atoms with van der Waals surface area (Å²) in [4.78, 5) is 49.0. The lowest BCUT2D eigenvalue weighted by Crippen LogP contribution is -2.54. The Balaban J connectivity index is 1.94. The first-order valence-electron chi connectivity index (χ1n) is 8.81. The second kappa shape index (κ2) is 8.48. The number of urea groups is 1. The van der Waals surface area contributed by atoms with E-state index in [9.17, 15) is 19.2 Å². The SMILES string of the molecule is COc1cc(/C=C2\C(=O)NC(=O)N(c3ccc(C)cc3)C2=O)ccc1OCC(=O)O. The molecule has 2 N–H and O–H groups in total. The van der Waals surface area contributed by atoms with E-state index in [1.54, 1.807) is 24.3 Å². The molecule has 1 fully saturated rings. The molecule has 9 heteroatoms. The summed E-state index contributed by atoms with van der Waals surface area (Å²) in [7, 11) is 1.37. The average Bonchev–Trinajstić information content (AvgIpc) is 2.71. The van der Waals surface area contributed by atoms with Crippen LogP contribution in [0.4, 0.5) is 10.5 Å². The summed E-state index contributed by atoms with van der Waals surface area (Å²) in [5, 5.41) is 10.9. The molecule has 0 saturated carbocycles. The lowest BCUT2D eigenvalue weighted by atomic mass is 10.1. The number of carboxylic acid groups (broad SMARTS) is 1. The summed E-state index contributed by atoms with van der Waals surface area (Å²) in [5.74, 6) is -2.32. The largest absolute Gasteiger partial charge is 0.493 e. The molecule has 1 aliphatic rings. The number of imide groups is 2. The predicted octanol–water partition coefficient (Wildman–Crippen LogP) is 2.13. The van der Waals surface area contributed by atoms with Crippen molar-refractivity contribution in [3.8, 4) is 11.5 Å². The molecular weight excluding hydrogens is 392 g/mol. The van der Waals surface area contributed by atoms with Gasteiger partial charge in [-0.2, -0.15) is 0 Å². The number of aliphatic carboxylic acids is 1. The molecule has 0 radical (unpaired) electrons. The zero-order chi connectivity index (χ0) is 21.8. The van der Waals surface area contributed by atoms with Gasteiger partial charge in [-0.05, 0) is 42.8 Å². The lowest BCUT2D eigenvalue weighted by Gasteiger charge is -2.26. The van der Waals surface area contributed by atoms with E-state index in [0.717, 1.165) is 10.5 Å². The fraction of sp³-hybridized carbons (Fsp3) is 0.143. The first-order chi connectivity index (χ1) is 14.3. The molecule has 9 nitrogen and oxygen atoms in total. The van der Waals surface area contributed by atoms with Gasteiger partial charge in [-0.15, -0.1) is 0 Å². The van der Waals surface area contributed by atoms with Gasteiger partial charge in [-0.25, -0.2) is 14.5 Å². The molecule has 1 heterocycles. The standard InChI is InChI=1S/C21H18N2O7/c1-12-3-6-14(7-4-12)23-20(27)15(19(26)22-21(23)28)9-13-5-8-16(17(10-13)29-2)30-11-18(24)25/h3-10H,11H2,1-2H3,(H,24,25)(H,22,26,28)/b15-9+. The number of rotatable bonds is 6. The minimum atomic E-state index is -1.14. The van der Waals surface area contributed by atoms with Gasteiger partial charge in [0.15, 0.2) is 18.1 Å². The Kier molecular flexibility index (Phi) is 5.82. The fourth-order valence-electron chi connectivity index (χ4n) is 2.79. The maximum absolute atomic E-state index is 12.9. The predicted molar refractivity (Wildman–Crippen MR) is 106 cm³/mol. The maximum atomic E-state index is 12.9. The van der Waals surface area contributed by atoms with Crippen LogP contribution in [0.15, 0.2) is 48.0 Å². The number of carbonyl (C=O) groups excluding carboxylic acids is 3. The number of amides is 4. The van der Waals surface area contributed by atoms with Gasteiger partial charge in [0.2, 0.25) is 0 Å². The van der Waals surface area contributed by atoms with Gasteiger partial charge in [0, 0.05) is 0 Å². The van der Waals surface area contributed by atoms with E-state index in [2.05, 4.69) is 5.32 Å². The minimum absolute atomic E-state index is 0.193. The Hall–Kier alpha value is -4.14. The number of nitrogens with zero attached hydrogens (tertiary/aromatic N) is 1. The number of aryl methyl sites for hydroxylation is 1. The van der Waals surface area contributed by atoms with Gasteiger partial charge in [-0.1, -0.05) is 23.8 Å². The van der Waals surface area contributed by atoms with Crippen molar-refractivity contribution >= 4 is 35.6 Å².